The summed E-state index contributed by atoms with van der Waals surface area (Å²) in [6.45, 7) is 4.16. The van der Waals surface area contributed by atoms with E-state index in [2.05, 4.69) is 5.32 Å². The molecule has 2 amide bonds. The molecule has 0 spiro atoms. The second kappa shape index (κ2) is 8.28. The quantitative estimate of drug-likeness (QED) is 0.627. The van der Waals surface area contributed by atoms with Crippen molar-refractivity contribution >= 4 is 34.5 Å². The number of nitrogens with one attached hydrogen (secondary N) is 1. The molecule has 1 aliphatic rings. The minimum atomic E-state index is -0.463. The maximum Gasteiger partial charge on any atom is 0.274 e. The Morgan fingerprint density at radius 2 is 1.93 bits per heavy atom. The van der Waals surface area contributed by atoms with Gasteiger partial charge < -0.3 is 10.2 Å². The largest absolute Gasteiger partial charge is 0.335 e. The lowest BCUT2D eigenvalue weighted by Crippen LogP contribution is -2.50. The van der Waals surface area contributed by atoms with Crippen molar-refractivity contribution in [1.29, 1.82) is 0 Å². The van der Waals surface area contributed by atoms with E-state index in [1.165, 1.54) is 17.4 Å². The van der Waals surface area contributed by atoms with Gasteiger partial charge in [0.15, 0.2) is 0 Å². The van der Waals surface area contributed by atoms with Gasteiger partial charge in [0.25, 0.3) is 11.6 Å². The minimum absolute atomic E-state index is 0.0199. The summed E-state index contributed by atoms with van der Waals surface area (Å²) in [6.07, 6.45) is 0. The fourth-order valence-electron chi connectivity index (χ4n) is 3.01. The highest BCUT2D eigenvalue weighted by Crippen LogP contribution is 2.25. The van der Waals surface area contributed by atoms with Crippen LogP contribution >= 0.6 is 11.3 Å². The molecule has 1 N–H and O–H groups in total. The first-order valence-electron chi connectivity index (χ1n) is 8.54. The third-order valence-electron chi connectivity index (χ3n) is 4.53. The lowest BCUT2D eigenvalue weighted by Gasteiger charge is -2.34. The molecule has 0 aliphatic carbocycles. The van der Waals surface area contributed by atoms with Gasteiger partial charge in [0, 0.05) is 32.2 Å². The number of nitrogens with zero attached hydrogens (tertiary/aromatic N) is 3. The lowest BCUT2D eigenvalue weighted by atomic mass is 10.1. The fraction of sp³-hybridized carbons (Fsp3) is 0.333. The third-order valence-corrected chi connectivity index (χ3v) is 5.39. The Kier molecular flexibility index (Phi) is 5.82. The summed E-state index contributed by atoms with van der Waals surface area (Å²) in [4.78, 5) is 39.7. The van der Waals surface area contributed by atoms with Gasteiger partial charge in [0.05, 0.1) is 27.6 Å². The van der Waals surface area contributed by atoms with E-state index >= 15 is 0 Å². The molecule has 27 heavy (non-hydrogen) atoms. The second-order valence-electron chi connectivity index (χ2n) is 6.30. The predicted molar refractivity (Wildman–Crippen MR) is 103 cm³/mol. The first kappa shape index (κ1) is 19.0. The van der Waals surface area contributed by atoms with Gasteiger partial charge in [-0.15, -0.1) is 11.3 Å². The molecule has 0 bridgehead atoms. The minimum Gasteiger partial charge on any atom is -0.335 e. The number of amides is 2. The van der Waals surface area contributed by atoms with Crippen LogP contribution in [0.15, 0.2) is 35.7 Å². The molecule has 0 saturated carbocycles. The second-order valence-corrected chi connectivity index (χ2v) is 7.25. The van der Waals surface area contributed by atoms with Crippen LogP contribution in [0.25, 0.3) is 0 Å². The van der Waals surface area contributed by atoms with E-state index in [0.717, 1.165) is 4.88 Å². The number of nitro groups is 1. The van der Waals surface area contributed by atoms with E-state index in [9.17, 15) is 19.7 Å². The molecule has 8 nitrogen and oxygen atoms in total. The van der Waals surface area contributed by atoms with E-state index in [1.54, 1.807) is 24.0 Å². The van der Waals surface area contributed by atoms with Crippen LogP contribution in [-0.4, -0.2) is 59.3 Å². The normalized spacial score (nSPS) is 14.8. The molecule has 1 saturated heterocycles. The molecule has 0 atom stereocenters. The van der Waals surface area contributed by atoms with Gasteiger partial charge >= 0.3 is 0 Å². The Morgan fingerprint density at radius 3 is 2.56 bits per heavy atom. The van der Waals surface area contributed by atoms with Crippen LogP contribution in [0.5, 0.6) is 0 Å². The summed E-state index contributed by atoms with van der Waals surface area (Å²) >= 11 is 1.42. The summed E-state index contributed by atoms with van der Waals surface area (Å²) in [5.41, 5.74) is 0.858. The Balaban J connectivity index is 1.52. The first-order valence-corrected chi connectivity index (χ1v) is 9.42. The van der Waals surface area contributed by atoms with E-state index in [-0.39, 0.29) is 24.0 Å². The van der Waals surface area contributed by atoms with Crippen LogP contribution in [0.4, 0.5) is 11.4 Å². The van der Waals surface area contributed by atoms with E-state index in [1.807, 2.05) is 22.4 Å². The zero-order valence-electron chi connectivity index (χ0n) is 14.9. The van der Waals surface area contributed by atoms with Gasteiger partial charge in [-0.25, -0.2) is 0 Å². The van der Waals surface area contributed by atoms with E-state index < -0.39 is 4.92 Å². The maximum absolute atomic E-state index is 12.3. The topological polar surface area (TPSA) is 95.8 Å². The Labute approximate surface area is 160 Å². The summed E-state index contributed by atoms with van der Waals surface area (Å²) in [7, 11) is 0. The number of carbonyl (C=O) groups excluding carboxylic acids is 2. The summed E-state index contributed by atoms with van der Waals surface area (Å²) in [5, 5.41) is 15.6. The number of carbonyl (C=O) groups is 2. The number of anilines is 1. The summed E-state index contributed by atoms with van der Waals surface area (Å²) in [6, 6.07) is 8.28. The number of piperazine rings is 1. The maximum atomic E-state index is 12.3. The van der Waals surface area contributed by atoms with Gasteiger partial charge in [0.1, 0.15) is 0 Å². The average Bonchev–Trinajstić information content (AvgIpc) is 3.18. The average molecular weight is 388 g/mol. The highest BCUT2D eigenvalue weighted by Gasteiger charge is 2.24. The van der Waals surface area contributed by atoms with Crippen LogP contribution in [-0.2, 0) is 4.79 Å². The van der Waals surface area contributed by atoms with Gasteiger partial charge in [-0.05, 0) is 24.4 Å². The summed E-state index contributed by atoms with van der Waals surface area (Å²) < 4.78 is 0. The smallest absolute Gasteiger partial charge is 0.274 e. The fourth-order valence-corrected chi connectivity index (χ4v) is 3.71. The molecule has 3 rings (SSSR count). The molecular weight excluding hydrogens is 368 g/mol. The first-order chi connectivity index (χ1) is 13.0. The van der Waals surface area contributed by atoms with Gasteiger partial charge in [-0.3, -0.25) is 24.6 Å². The lowest BCUT2D eigenvalue weighted by molar-refractivity contribution is -0.385. The van der Waals surface area contributed by atoms with E-state index in [0.29, 0.717) is 37.4 Å². The SMILES string of the molecule is Cc1c(NC(=O)CN2CCN(C(=O)c3cccs3)CC2)cccc1[N+](=O)[O-]. The van der Waals surface area contributed by atoms with Gasteiger partial charge in [-0.2, -0.15) is 0 Å². The molecule has 2 heterocycles. The van der Waals surface area contributed by atoms with Crippen molar-refractivity contribution in [2.75, 3.05) is 38.0 Å². The van der Waals surface area contributed by atoms with Crippen LogP contribution in [0.1, 0.15) is 15.2 Å². The van der Waals surface area contributed by atoms with Crippen molar-refractivity contribution in [3.8, 4) is 0 Å². The van der Waals surface area contributed by atoms with Crippen LogP contribution in [0, 0.1) is 17.0 Å². The van der Waals surface area contributed by atoms with Gasteiger partial charge in [0.2, 0.25) is 5.91 Å². The van der Waals surface area contributed by atoms with Crippen molar-refractivity contribution in [1.82, 2.24) is 9.80 Å². The zero-order chi connectivity index (χ0) is 19.4. The number of benzene rings is 1. The van der Waals surface area contributed by atoms with Crippen molar-refractivity contribution in [2.45, 2.75) is 6.92 Å². The Morgan fingerprint density at radius 1 is 1.19 bits per heavy atom. The molecule has 0 radical (unpaired) electrons. The molecule has 1 aliphatic heterocycles. The van der Waals surface area contributed by atoms with Crippen LogP contribution in [0.2, 0.25) is 0 Å². The predicted octanol–water partition coefficient (Wildman–Crippen LogP) is 2.36. The molecule has 1 aromatic heterocycles. The van der Waals surface area contributed by atoms with Crippen molar-refractivity contribution in [2.24, 2.45) is 0 Å². The monoisotopic (exact) mass is 388 g/mol. The number of rotatable bonds is 5. The molecule has 0 unspecified atom stereocenters. The Hall–Kier alpha value is -2.78. The van der Waals surface area contributed by atoms with Crippen LogP contribution in [0.3, 0.4) is 0 Å². The molecule has 2 aromatic rings. The Bertz CT molecular complexity index is 845. The number of nitro benzene ring substituents is 1. The van der Waals surface area contributed by atoms with Gasteiger partial charge in [-0.1, -0.05) is 12.1 Å². The van der Waals surface area contributed by atoms with E-state index in [4.69, 9.17) is 0 Å². The number of hydrogen-bond donors (Lipinski definition) is 1. The molecule has 1 aromatic carbocycles. The molecule has 9 heteroatoms. The van der Waals surface area contributed by atoms with Crippen molar-refractivity contribution < 1.29 is 14.5 Å². The zero-order valence-corrected chi connectivity index (χ0v) is 15.7. The standard InChI is InChI=1S/C18H20N4O4S/c1-13-14(4-2-5-15(13)22(25)26)19-17(23)12-20-7-9-21(10-8-20)18(24)16-6-3-11-27-16/h2-6,11H,7-10,12H2,1H3,(H,19,23). The third kappa shape index (κ3) is 4.50. The summed E-state index contributed by atoms with van der Waals surface area (Å²) in [5.74, 6) is -0.196. The highest BCUT2D eigenvalue weighted by atomic mass is 32.1. The molecule has 142 valence electrons. The number of hydrogen-bond acceptors (Lipinski definition) is 6. The van der Waals surface area contributed by atoms with Crippen molar-refractivity contribution in [3.05, 3.63) is 56.3 Å². The van der Waals surface area contributed by atoms with Crippen LogP contribution < -0.4 is 5.32 Å². The molecule has 1 fully saturated rings. The number of thiophene rings is 1. The molecular formula is C18H20N4O4S. The van der Waals surface area contributed by atoms with Crippen molar-refractivity contribution in [3.63, 3.8) is 0 Å². The highest BCUT2D eigenvalue weighted by molar-refractivity contribution is 7.12.